The van der Waals surface area contributed by atoms with E-state index >= 15 is 0 Å². The number of thiazole rings is 1. The Balaban J connectivity index is 1.86. The van der Waals surface area contributed by atoms with Crippen LogP contribution in [0.3, 0.4) is 0 Å². The van der Waals surface area contributed by atoms with Gasteiger partial charge in [0, 0.05) is 4.73 Å². The molecule has 1 aliphatic rings. The standard InChI is InChI=1S/C9H14NOS/c1-2-4-9(5-3-1)11-10-6-7-12-8-10/h6-9H,1-5H2/q+1. The molecule has 0 atom stereocenters. The molecule has 0 amide bonds. The molecule has 0 N–H and O–H groups in total. The topological polar surface area (TPSA) is 13.1 Å². The molecule has 0 radical (unpaired) electrons. The van der Waals surface area contributed by atoms with Crippen molar-refractivity contribution in [2.45, 2.75) is 38.2 Å². The molecule has 0 aromatic carbocycles. The molecular weight excluding hydrogens is 170 g/mol. The van der Waals surface area contributed by atoms with Gasteiger partial charge in [-0.05, 0) is 25.7 Å². The number of hydrogen-bond acceptors (Lipinski definition) is 2. The van der Waals surface area contributed by atoms with Crippen molar-refractivity contribution in [2.24, 2.45) is 0 Å². The smallest absolute Gasteiger partial charge is 0.267 e. The average molecular weight is 184 g/mol. The minimum atomic E-state index is 0.457. The van der Waals surface area contributed by atoms with Crippen LogP contribution in [0.5, 0.6) is 0 Å². The molecule has 3 heteroatoms. The molecule has 1 aliphatic carbocycles. The van der Waals surface area contributed by atoms with Crippen molar-refractivity contribution < 1.29 is 9.57 Å². The quantitative estimate of drug-likeness (QED) is 0.639. The first-order valence-corrected chi connectivity index (χ1v) is 5.50. The van der Waals surface area contributed by atoms with Crippen LogP contribution in [0.1, 0.15) is 32.1 Å². The lowest BCUT2D eigenvalue weighted by molar-refractivity contribution is -0.896. The maximum absolute atomic E-state index is 5.72. The first-order chi connectivity index (χ1) is 5.95. The van der Waals surface area contributed by atoms with Gasteiger partial charge in [0.15, 0.2) is 6.10 Å². The lowest BCUT2D eigenvalue weighted by Gasteiger charge is -2.16. The molecule has 12 heavy (non-hydrogen) atoms. The molecule has 1 aromatic rings. The third-order valence-electron chi connectivity index (χ3n) is 2.27. The molecule has 1 saturated carbocycles. The van der Waals surface area contributed by atoms with Crippen molar-refractivity contribution in [1.29, 1.82) is 0 Å². The van der Waals surface area contributed by atoms with Gasteiger partial charge in [-0.25, -0.2) is 0 Å². The summed E-state index contributed by atoms with van der Waals surface area (Å²) in [5.74, 6) is 0. The molecule has 1 aromatic heterocycles. The summed E-state index contributed by atoms with van der Waals surface area (Å²) in [6, 6.07) is 0. The maximum atomic E-state index is 5.72. The summed E-state index contributed by atoms with van der Waals surface area (Å²) in [6.45, 7) is 0. The van der Waals surface area contributed by atoms with E-state index in [1.165, 1.54) is 32.1 Å². The molecule has 66 valence electrons. The third kappa shape index (κ3) is 1.97. The Morgan fingerprint density at radius 1 is 1.25 bits per heavy atom. The van der Waals surface area contributed by atoms with Gasteiger partial charge in [-0.1, -0.05) is 17.8 Å². The third-order valence-corrected chi connectivity index (χ3v) is 2.88. The molecule has 0 bridgehead atoms. The molecule has 1 fully saturated rings. The predicted octanol–water partition coefficient (Wildman–Crippen LogP) is 1.80. The molecule has 0 spiro atoms. The Hall–Kier alpha value is -0.570. The monoisotopic (exact) mass is 184 g/mol. The Labute approximate surface area is 76.8 Å². The summed E-state index contributed by atoms with van der Waals surface area (Å²) in [6.07, 6.45) is 8.92. The van der Waals surface area contributed by atoms with Gasteiger partial charge in [0.1, 0.15) is 0 Å². The zero-order valence-corrected chi connectivity index (χ0v) is 7.93. The van der Waals surface area contributed by atoms with Crippen LogP contribution in [0.15, 0.2) is 17.1 Å². The van der Waals surface area contributed by atoms with Crippen molar-refractivity contribution in [3.63, 3.8) is 0 Å². The zero-order valence-electron chi connectivity index (χ0n) is 7.11. The number of hydrogen-bond donors (Lipinski definition) is 0. The summed E-state index contributed by atoms with van der Waals surface area (Å²) in [7, 11) is 0. The SMILES string of the molecule is c1c[n+](OC2CCCCC2)cs1. The lowest BCUT2D eigenvalue weighted by atomic mass is 9.98. The van der Waals surface area contributed by atoms with Crippen LogP contribution in [0.4, 0.5) is 0 Å². The summed E-state index contributed by atoms with van der Waals surface area (Å²) in [4.78, 5) is 5.72. The van der Waals surface area contributed by atoms with Gasteiger partial charge in [0.05, 0.1) is 5.38 Å². The minimum absolute atomic E-state index is 0.457. The van der Waals surface area contributed by atoms with Crippen LogP contribution in [0, 0.1) is 0 Å². The fourth-order valence-corrected chi connectivity index (χ4v) is 2.13. The van der Waals surface area contributed by atoms with Crippen LogP contribution >= 0.6 is 11.3 Å². The van der Waals surface area contributed by atoms with E-state index in [0.29, 0.717) is 6.10 Å². The highest BCUT2D eigenvalue weighted by atomic mass is 32.1. The fraction of sp³-hybridized carbons (Fsp3) is 0.667. The Bertz CT molecular complexity index is 216. The van der Waals surface area contributed by atoms with Gasteiger partial charge in [0.25, 0.3) is 5.51 Å². The number of aromatic nitrogens is 1. The van der Waals surface area contributed by atoms with E-state index in [1.807, 2.05) is 21.8 Å². The maximum Gasteiger partial charge on any atom is 0.276 e. The fourth-order valence-electron chi connectivity index (χ4n) is 1.63. The Kier molecular flexibility index (Phi) is 2.61. The van der Waals surface area contributed by atoms with E-state index in [2.05, 4.69) is 0 Å². The zero-order chi connectivity index (χ0) is 8.23. The highest BCUT2D eigenvalue weighted by Crippen LogP contribution is 2.17. The predicted molar refractivity (Wildman–Crippen MR) is 48.0 cm³/mol. The highest BCUT2D eigenvalue weighted by Gasteiger charge is 2.18. The highest BCUT2D eigenvalue weighted by molar-refractivity contribution is 7.07. The van der Waals surface area contributed by atoms with Crippen molar-refractivity contribution in [3.8, 4) is 0 Å². The van der Waals surface area contributed by atoms with Crippen molar-refractivity contribution >= 4 is 11.3 Å². The second kappa shape index (κ2) is 3.90. The average Bonchev–Trinajstić information content (AvgIpc) is 2.59. The number of rotatable bonds is 2. The second-order valence-electron chi connectivity index (χ2n) is 3.25. The molecule has 1 heterocycles. The van der Waals surface area contributed by atoms with Crippen LogP contribution in [-0.4, -0.2) is 6.10 Å². The first kappa shape index (κ1) is 8.05. The molecule has 0 saturated heterocycles. The molecule has 0 aliphatic heterocycles. The van der Waals surface area contributed by atoms with Gasteiger partial charge >= 0.3 is 0 Å². The summed E-state index contributed by atoms with van der Waals surface area (Å²) in [5, 5.41) is 2.03. The molecule has 2 rings (SSSR count). The van der Waals surface area contributed by atoms with E-state index in [9.17, 15) is 0 Å². The van der Waals surface area contributed by atoms with Gasteiger partial charge in [-0.15, -0.1) is 0 Å². The largest absolute Gasteiger partial charge is 0.276 e. The van der Waals surface area contributed by atoms with Gasteiger partial charge < -0.3 is 0 Å². The second-order valence-corrected chi connectivity index (χ2v) is 4.01. The van der Waals surface area contributed by atoms with Gasteiger partial charge in [-0.2, -0.15) is 0 Å². The van der Waals surface area contributed by atoms with E-state index in [0.717, 1.165) is 0 Å². The van der Waals surface area contributed by atoms with Crippen LogP contribution in [0.2, 0.25) is 0 Å². The van der Waals surface area contributed by atoms with Crippen LogP contribution in [-0.2, 0) is 0 Å². The van der Waals surface area contributed by atoms with Gasteiger partial charge in [-0.3, -0.25) is 4.84 Å². The van der Waals surface area contributed by atoms with E-state index in [1.54, 1.807) is 11.3 Å². The van der Waals surface area contributed by atoms with E-state index < -0.39 is 0 Å². The minimum Gasteiger partial charge on any atom is -0.267 e. The molecule has 0 unspecified atom stereocenters. The summed E-state index contributed by atoms with van der Waals surface area (Å²) in [5.41, 5.74) is 1.99. The number of nitrogens with zero attached hydrogens (tertiary/aromatic N) is 1. The first-order valence-electron chi connectivity index (χ1n) is 4.56. The van der Waals surface area contributed by atoms with Crippen molar-refractivity contribution in [3.05, 3.63) is 17.1 Å². The molecule has 2 nitrogen and oxygen atoms in total. The van der Waals surface area contributed by atoms with Crippen LogP contribution in [0.25, 0.3) is 0 Å². The lowest BCUT2D eigenvalue weighted by Crippen LogP contribution is -2.46. The Morgan fingerprint density at radius 2 is 2.08 bits per heavy atom. The summed E-state index contributed by atoms with van der Waals surface area (Å²) >= 11 is 1.67. The molecular formula is C9H14NOS+. The van der Waals surface area contributed by atoms with Crippen molar-refractivity contribution in [1.82, 2.24) is 0 Å². The van der Waals surface area contributed by atoms with Crippen LogP contribution < -0.4 is 9.57 Å². The summed E-state index contributed by atoms with van der Waals surface area (Å²) < 4.78 is 1.83. The normalized spacial score (nSPS) is 19.3. The van der Waals surface area contributed by atoms with E-state index in [-0.39, 0.29) is 0 Å². The van der Waals surface area contributed by atoms with Gasteiger partial charge in [0.2, 0.25) is 6.20 Å². The Morgan fingerprint density at radius 3 is 2.75 bits per heavy atom. The van der Waals surface area contributed by atoms with E-state index in [4.69, 9.17) is 4.84 Å². The van der Waals surface area contributed by atoms with Crippen molar-refractivity contribution in [2.75, 3.05) is 0 Å².